The van der Waals surface area contributed by atoms with E-state index in [1.54, 1.807) is 0 Å². The molecule has 0 amide bonds. The lowest BCUT2D eigenvalue weighted by atomic mass is 9.91. The Morgan fingerprint density at radius 1 is 1.43 bits per heavy atom. The van der Waals surface area contributed by atoms with Crippen molar-refractivity contribution in [2.75, 3.05) is 0 Å². The third-order valence-corrected chi connectivity index (χ3v) is 5.22. The molecule has 6 heteroatoms. The lowest BCUT2D eigenvalue weighted by Crippen LogP contribution is -2.20. The maximum absolute atomic E-state index is 9.70. The molecule has 1 aliphatic heterocycles. The van der Waals surface area contributed by atoms with Crippen LogP contribution in [-0.4, -0.2) is 32.3 Å². The van der Waals surface area contributed by atoms with Gasteiger partial charge in [0, 0.05) is 37.6 Å². The SMILES string of the molecule is [3H]POC(/C=C/[C@@H]1[C@H]2CC(O)O[C@H]2C[C@H]1OP[3H])CCCCC. The number of aliphatic hydroxyl groups is 1. The van der Waals surface area contributed by atoms with Gasteiger partial charge in [-0.3, -0.25) is 0 Å². The molecule has 0 aromatic carbocycles. The molecule has 2 fully saturated rings. The molecule has 2 aliphatic rings. The molecule has 0 aromatic heterocycles. The van der Waals surface area contributed by atoms with E-state index >= 15 is 0 Å². The Hall–Kier alpha value is 0.440. The summed E-state index contributed by atoms with van der Waals surface area (Å²) in [6, 6.07) is 0. The maximum atomic E-state index is 9.70. The van der Waals surface area contributed by atoms with Gasteiger partial charge in [-0.15, -0.1) is 0 Å². The second-order valence-corrected chi connectivity index (χ2v) is 6.51. The van der Waals surface area contributed by atoms with Crippen LogP contribution in [0.25, 0.3) is 0 Å². The highest BCUT2D eigenvalue weighted by atomic mass is 31.0. The smallest absolute Gasteiger partial charge is 0.155 e. The van der Waals surface area contributed by atoms with Crippen LogP contribution >= 0.6 is 18.8 Å². The predicted molar refractivity (Wildman–Crippen MR) is 89.5 cm³/mol. The summed E-state index contributed by atoms with van der Waals surface area (Å²) in [4.78, 5) is 0. The average Bonchev–Trinajstić information content (AvgIpc) is 3.01. The highest BCUT2D eigenvalue weighted by Crippen LogP contribution is 2.45. The Morgan fingerprint density at radius 2 is 2.33 bits per heavy atom. The molecule has 122 valence electrons. The summed E-state index contributed by atoms with van der Waals surface area (Å²) in [6.07, 6.45) is 9.23. The largest absolute Gasteiger partial charge is 0.368 e. The van der Waals surface area contributed by atoms with Gasteiger partial charge in [-0.2, -0.15) is 0 Å². The molecule has 8 atom stereocenters. The van der Waals surface area contributed by atoms with Gasteiger partial charge in [0.1, 0.15) is 0 Å². The first-order valence-corrected chi connectivity index (χ1v) is 8.67. The molecular weight excluding hydrogens is 306 g/mol. The van der Waals surface area contributed by atoms with E-state index in [1.165, 1.54) is 12.8 Å². The van der Waals surface area contributed by atoms with Gasteiger partial charge >= 0.3 is 0 Å². The standard InChI is InChI=1S/C15H28O4P2/c1-2-3-4-5-10(18-20)6-7-11-12-8-15(16)17-13(12)9-14(11)19-21/h6-7,10-16H,2-5,8-9,20-21H2,1H3/b7-6+/t10?,11-,12-,13+,14-,15?/m1/s1/i20T,21T/t10?,11-,12-,13+,14-,15?,20?,21?. The first-order valence-electron chi connectivity index (χ1n) is 8.86. The minimum absolute atomic E-state index is 0.0145. The van der Waals surface area contributed by atoms with Crippen molar-refractivity contribution in [3.63, 3.8) is 0 Å². The summed E-state index contributed by atoms with van der Waals surface area (Å²) in [7, 11) is -0.550. The highest BCUT2D eigenvalue weighted by Gasteiger charge is 2.48. The first-order chi connectivity index (χ1) is 11.2. The lowest BCUT2D eigenvalue weighted by Gasteiger charge is -2.20. The van der Waals surface area contributed by atoms with Crippen LogP contribution in [0.1, 0.15) is 45.4 Å². The van der Waals surface area contributed by atoms with Crippen molar-refractivity contribution in [1.29, 1.82) is 2.56 Å². The number of hydrogen-bond donors (Lipinski definition) is 1. The van der Waals surface area contributed by atoms with E-state index in [0.29, 0.717) is 6.42 Å². The third-order valence-electron chi connectivity index (χ3n) is 4.61. The fourth-order valence-corrected chi connectivity index (χ4v) is 3.93. The Bertz CT molecular complexity index is 375. The van der Waals surface area contributed by atoms with Crippen molar-refractivity contribution >= 4 is 18.8 Å². The average molecular weight is 338 g/mol. The summed E-state index contributed by atoms with van der Waals surface area (Å²) in [5, 5.41) is 9.70. The molecule has 4 nitrogen and oxygen atoms in total. The molecule has 0 spiro atoms. The van der Waals surface area contributed by atoms with Crippen molar-refractivity contribution in [1.82, 2.24) is 0 Å². The van der Waals surface area contributed by atoms with Gasteiger partial charge in [-0.1, -0.05) is 38.3 Å². The number of aliphatic hydroxyl groups excluding tert-OH is 1. The number of rotatable bonds is 10. The second-order valence-electron chi connectivity index (χ2n) is 6.04. The zero-order valence-corrected chi connectivity index (χ0v) is 14.5. The Balaban J connectivity index is 1.97. The molecule has 0 bridgehead atoms. The number of fused-ring (bicyclic) bond motifs is 1. The fraction of sp³-hybridized carbons (Fsp3) is 0.867. The summed E-state index contributed by atoms with van der Waals surface area (Å²) in [5.41, 5.74) is 0. The number of unbranched alkanes of at least 4 members (excludes halogenated alkanes) is 2. The van der Waals surface area contributed by atoms with Crippen molar-refractivity contribution in [3.8, 4) is 0 Å². The van der Waals surface area contributed by atoms with Crippen molar-refractivity contribution in [3.05, 3.63) is 12.2 Å². The van der Waals surface area contributed by atoms with Crippen LogP contribution in [0.2, 0.25) is 0 Å². The van der Waals surface area contributed by atoms with Gasteiger partial charge in [-0.05, 0) is 12.3 Å². The molecular formula is C15H28O4P2. The first kappa shape index (κ1) is 15.0. The molecule has 21 heavy (non-hydrogen) atoms. The summed E-state index contributed by atoms with van der Waals surface area (Å²) < 4.78 is 31.3. The van der Waals surface area contributed by atoms with Crippen LogP contribution in [-0.2, 0) is 13.8 Å². The van der Waals surface area contributed by atoms with Gasteiger partial charge in [0.05, 0.1) is 20.9 Å². The molecule has 1 aliphatic carbocycles. The Kier molecular flexibility index (Phi) is 6.36. The maximum Gasteiger partial charge on any atom is 0.155 e. The molecule has 4 unspecified atom stereocenters. The highest BCUT2D eigenvalue weighted by molar-refractivity contribution is 7.10. The zero-order valence-electron chi connectivity index (χ0n) is 14.5. The second kappa shape index (κ2) is 8.91. The molecule has 1 heterocycles. The van der Waals surface area contributed by atoms with Gasteiger partial charge in [0.25, 0.3) is 0 Å². The van der Waals surface area contributed by atoms with E-state index in [1.807, 2.05) is 0 Å². The summed E-state index contributed by atoms with van der Waals surface area (Å²) in [5.74, 6) is 0.402. The van der Waals surface area contributed by atoms with Crippen LogP contribution in [0.15, 0.2) is 12.2 Å². The molecule has 1 N–H and O–H groups in total. The van der Waals surface area contributed by atoms with E-state index in [0.717, 1.165) is 19.3 Å². The minimum atomic E-state index is -0.674. The number of hydrogen-bond acceptors (Lipinski definition) is 4. The molecule has 1 saturated carbocycles. The van der Waals surface area contributed by atoms with E-state index < -0.39 is 6.29 Å². The van der Waals surface area contributed by atoms with Gasteiger partial charge in [0.2, 0.25) is 0 Å². The van der Waals surface area contributed by atoms with E-state index in [9.17, 15) is 5.11 Å². The summed E-state index contributed by atoms with van der Waals surface area (Å²) in [6.45, 7) is 2.17. The fourth-order valence-electron chi connectivity index (χ4n) is 3.48. The normalized spacial score (nSPS) is 39.6. The lowest BCUT2D eigenvalue weighted by molar-refractivity contribution is -0.0938. The topological polar surface area (TPSA) is 47.9 Å². The van der Waals surface area contributed by atoms with E-state index in [2.05, 4.69) is 19.1 Å². The van der Waals surface area contributed by atoms with Crippen molar-refractivity contribution < 1.29 is 18.9 Å². The molecule has 0 radical (unpaired) electrons. The van der Waals surface area contributed by atoms with Gasteiger partial charge in [-0.25, -0.2) is 0 Å². The van der Waals surface area contributed by atoms with Crippen LogP contribution in [0.3, 0.4) is 0 Å². The van der Waals surface area contributed by atoms with Gasteiger partial charge < -0.3 is 18.9 Å². The molecule has 2 rings (SSSR count). The van der Waals surface area contributed by atoms with E-state index in [4.69, 9.17) is 16.3 Å². The Labute approximate surface area is 135 Å². The zero-order chi connectivity index (χ0) is 16.7. The van der Waals surface area contributed by atoms with Crippen molar-refractivity contribution in [2.24, 2.45) is 11.8 Å². The molecule has 1 saturated heterocycles. The number of ether oxygens (including phenoxy) is 1. The molecule has 0 aromatic rings. The van der Waals surface area contributed by atoms with Crippen molar-refractivity contribution in [2.45, 2.75) is 70.1 Å². The van der Waals surface area contributed by atoms with Crippen LogP contribution in [0.5, 0.6) is 0 Å². The Morgan fingerprint density at radius 3 is 3.10 bits per heavy atom. The van der Waals surface area contributed by atoms with Gasteiger partial charge in [0.15, 0.2) is 6.29 Å². The quantitative estimate of drug-likeness (QED) is 0.377. The monoisotopic (exact) mass is 338 g/mol. The van der Waals surface area contributed by atoms with E-state index in [-0.39, 0.29) is 49.0 Å². The van der Waals surface area contributed by atoms with Crippen LogP contribution in [0.4, 0.5) is 0 Å². The van der Waals surface area contributed by atoms with Crippen LogP contribution < -0.4 is 0 Å². The minimum Gasteiger partial charge on any atom is -0.368 e. The third kappa shape index (κ3) is 4.70. The van der Waals surface area contributed by atoms with Crippen LogP contribution in [0, 0.1) is 11.8 Å². The summed E-state index contributed by atoms with van der Waals surface area (Å²) >= 11 is 0. The predicted octanol–water partition coefficient (Wildman–Crippen LogP) is 3.22.